The normalized spacial score (nSPS) is 11.6. The lowest BCUT2D eigenvalue weighted by Crippen LogP contribution is -1.96. The van der Waals surface area contributed by atoms with Gasteiger partial charge in [-0.15, -0.1) is 68.0 Å². The Labute approximate surface area is 471 Å². The topological polar surface area (TPSA) is 70.7 Å². The van der Waals surface area contributed by atoms with E-state index in [0.717, 1.165) is 103 Å². The Morgan fingerprint density at radius 1 is 0.532 bits per heavy atom. The van der Waals surface area contributed by atoms with Crippen molar-refractivity contribution in [1.29, 1.82) is 0 Å². The summed E-state index contributed by atoms with van der Waals surface area (Å²) in [5, 5.41) is 4.36. The zero-order chi connectivity index (χ0) is 52.1. The molecule has 0 spiro atoms. The number of thiophene rings is 6. The van der Waals surface area contributed by atoms with Crippen LogP contribution < -0.4 is 4.74 Å². The van der Waals surface area contributed by atoms with Crippen LogP contribution in [0.1, 0.15) is 61.8 Å². The summed E-state index contributed by atoms with van der Waals surface area (Å²) in [5.41, 5.74) is 12.5. The van der Waals surface area contributed by atoms with Crippen molar-refractivity contribution < 1.29 is 4.74 Å². The SMILES string of the molecule is CC#CC#COc1cc(-c2c3nsnc3c(-c3cc(C)c(-c4cc5c(s4)c4sc(C)cc4n5C#CC#CC)s3)c3nc4c5ccccc5c5ccccc5c4nc23)sc1-c1cc2c(s1)c1sc(CCCCCC)cc1n2C. The zero-order valence-corrected chi connectivity index (χ0v) is 48.3. The molecule has 10 heterocycles. The van der Waals surface area contributed by atoms with Gasteiger partial charge in [-0.3, -0.25) is 4.57 Å². The lowest BCUT2D eigenvalue weighted by molar-refractivity contribution is 0.524. The first-order valence-corrected chi connectivity index (χ1v) is 30.9. The van der Waals surface area contributed by atoms with E-state index in [1.807, 2.05) is 52.3 Å². The van der Waals surface area contributed by atoms with Crippen molar-refractivity contribution in [1.82, 2.24) is 27.8 Å². The fraction of sp³-hybridized carbons (Fsp3) is 0.175. The van der Waals surface area contributed by atoms with Crippen LogP contribution in [-0.4, -0.2) is 27.8 Å². The highest BCUT2D eigenvalue weighted by atomic mass is 32.1. The van der Waals surface area contributed by atoms with Crippen LogP contribution in [0.25, 0.3) is 136 Å². The van der Waals surface area contributed by atoms with E-state index in [1.165, 1.54) is 92.3 Å². The van der Waals surface area contributed by atoms with Crippen LogP contribution in [0.4, 0.5) is 0 Å². The van der Waals surface area contributed by atoms with E-state index in [0.29, 0.717) is 5.75 Å². The third-order valence-corrected chi connectivity index (χ3v) is 22.3. The number of aryl methyl sites for hydroxylation is 4. The van der Waals surface area contributed by atoms with Crippen molar-refractivity contribution in [2.45, 2.75) is 66.7 Å². The number of benzene rings is 4. The second-order valence-corrected chi connectivity index (χ2v) is 26.1. The molecule has 10 aromatic heterocycles. The molecule has 0 amide bonds. The van der Waals surface area contributed by atoms with Gasteiger partial charge in [-0.25, -0.2) is 9.97 Å². The Morgan fingerprint density at radius 2 is 1.12 bits per heavy atom. The maximum atomic E-state index is 6.43. The average molecular weight is 1120 g/mol. The lowest BCUT2D eigenvalue weighted by Gasteiger charge is -2.14. The molecule has 0 fully saturated rings. The van der Waals surface area contributed by atoms with E-state index < -0.39 is 0 Å². The first-order valence-electron chi connectivity index (χ1n) is 25.3. The molecule has 77 heavy (non-hydrogen) atoms. The number of ether oxygens (including phenoxy) is 1. The molecule has 372 valence electrons. The molecule has 0 radical (unpaired) electrons. The van der Waals surface area contributed by atoms with Crippen LogP contribution in [0, 0.1) is 61.5 Å². The fourth-order valence-electron chi connectivity index (χ4n) is 10.8. The predicted octanol–water partition coefficient (Wildman–Crippen LogP) is 18.8. The average Bonchev–Trinajstić information content (AvgIpc) is 4.49. The van der Waals surface area contributed by atoms with E-state index >= 15 is 0 Å². The second-order valence-electron chi connectivity index (χ2n) is 19.0. The Bertz CT molecular complexity index is 5070. The molecule has 14 heteroatoms. The molecule has 4 aromatic carbocycles. The fourth-order valence-corrected chi connectivity index (χ4v) is 18.8. The Morgan fingerprint density at radius 3 is 1.82 bits per heavy atom. The van der Waals surface area contributed by atoms with Gasteiger partial charge in [0, 0.05) is 82.2 Å². The van der Waals surface area contributed by atoms with Crippen LogP contribution in [0.5, 0.6) is 5.75 Å². The van der Waals surface area contributed by atoms with Gasteiger partial charge in [0.05, 0.1) is 73.4 Å². The van der Waals surface area contributed by atoms with E-state index in [-0.39, 0.29) is 0 Å². The minimum absolute atomic E-state index is 0.661. The third-order valence-electron chi connectivity index (χ3n) is 14.2. The molecular formula is C63H42N6OS7. The molecular weight excluding hydrogens is 1080 g/mol. The largest absolute Gasteiger partial charge is 0.405 e. The molecule has 0 aliphatic carbocycles. The molecule has 0 bridgehead atoms. The van der Waals surface area contributed by atoms with Crippen molar-refractivity contribution in [3.05, 3.63) is 100 Å². The quantitative estimate of drug-likeness (QED) is 0.0591. The summed E-state index contributed by atoms with van der Waals surface area (Å²) in [6, 6.07) is 34.1. The van der Waals surface area contributed by atoms with E-state index in [9.17, 15) is 0 Å². The van der Waals surface area contributed by atoms with Crippen LogP contribution in [0.15, 0.2) is 84.9 Å². The summed E-state index contributed by atoms with van der Waals surface area (Å²) in [6.07, 6.45) is 9.04. The molecule has 0 saturated heterocycles. The molecule has 0 aliphatic heterocycles. The highest BCUT2D eigenvalue weighted by Crippen LogP contribution is 2.54. The van der Waals surface area contributed by atoms with Crippen LogP contribution in [0.3, 0.4) is 0 Å². The molecule has 0 atom stereocenters. The Balaban J connectivity index is 1.000. The van der Waals surface area contributed by atoms with Gasteiger partial charge < -0.3 is 9.30 Å². The maximum absolute atomic E-state index is 6.43. The van der Waals surface area contributed by atoms with Crippen molar-refractivity contribution in [3.8, 4) is 93.8 Å². The summed E-state index contributed by atoms with van der Waals surface area (Å²) >= 11 is 12.1. The summed E-state index contributed by atoms with van der Waals surface area (Å²) in [6.45, 7) is 10.2. The number of aromatic nitrogens is 6. The van der Waals surface area contributed by atoms with Gasteiger partial charge >= 0.3 is 0 Å². The summed E-state index contributed by atoms with van der Waals surface area (Å²) in [4.78, 5) is 20.8. The lowest BCUT2D eigenvalue weighted by atomic mass is 9.97. The van der Waals surface area contributed by atoms with Crippen molar-refractivity contribution in [2.24, 2.45) is 7.05 Å². The third kappa shape index (κ3) is 7.81. The first-order chi connectivity index (χ1) is 37.8. The van der Waals surface area contributed by atoms with Gasteiger partial charge in [0.2, 0.25) is 0 Å². The number of hydrogen-bond acceptors (Lipinski definition) is 12. The molecule has 0 aliphatic rings. The molecule has 14 aromatic rings. The zero-order valence-electron chi connectivity index (χ0n) is 42.6. The minimum Gasteiger partial charge on any atom is -0.405 e. The van der Waals surface area contributed by atoms with Crippen LogP contribution in [-0.2, 0) is 13.5 Å². The highest BCUT2D eigenvalue weighted by Gasteiger charge is 2.29. The molecule has 7 nitrogen and oxygen atoms in total. The van der Waals surface area contributed by atoms with Crippen LogP contribution >= 0.6 is 79.7 Å². The maximum Gasteiger partial charge on any atom is 0.160 e. The van der Waals surface area contributed by atoms with E-state index in [2.05, 4.69) is 170 Å². The molecule has 0 unspecified atom stereocenters. The molecule has 14 rings (SSSR count). The second kappa shape index (κ2) is 19.3. The first kappa shape index (κ1) is 48.1. The van der Waals surface area contributed by atoms with Gasteiger partial charge in [0.1, 0.15) is 28.2 Å². The van der Waals surface area contributed by atoms with Gasteiger partial charge in [-0.2, -0.15) is 8.75 Å². The van der Waals surface area contributed by atoms with Crippen LogP contribution in [0.2, 0.25) is 0 Å². The predicted molar refractivity (Wildman–Crippen MR) is 335 cm³/mol. The standard InChI is InChI=1S/C63H42N6OS7/c1-7-10-13-14-21-36-30-41-59(72-36)60-42(68(41)6)31-49(76-60)63-45(70-27-20-12-9-3)33-47(74-63)51-55-54(64-52-39-24-17-15-22-37(39)38-23-16-18-25-40(38)53(52)65-55)50(56-57(51)67-77-66-56)46-28-34(4)58(73-46)48-32-44-62(75-48)61-43(29-35(5)71-61)69(44)26-19-11-8-2/h15-18,22-25,28-33H,7,10,13-14,21H2,1-6H3. The smallest absolute Gasteiger partial charge is 0.160 e. The van der Waals surface area contributed by atoms with Gasteiger partial charge in [-0.05, 0) is 99.0 Å². The monoisotopic (exact) mass is 1120 g/mol. The number of hydrogen-bond donors (Lipinski definition) is 0. The van der Waals surface area contributed by atoms with E-state index in [1.54, 1.807) is 29.6 Å². The number of rotatable bonds is 10. The molecule has 0 saturated carbocycles. The Hall–Kier alpha value is -7.34. The summed E-state index contributed by atoms with van der Waals surface area (Å²) < 4.78 is 26.4. The highest BCUT2D eigenvalue weighted by molar-refractivity contribution is 7.32. The van der Waals surface area contributed by atoms with E-state index in [4.69, 9.17) is 23.5 Å². The summed E-state index contributed by atoms with van der Waals surface area (Å²) in [7, 11) is 2.19. The number of fused-ring (bicyclic) bond motifs is 14. The van der Waals surface area contributed by atoms with Crippen molar-refractivity contribution >= 4 is 175 Å². The molecule has 0 N–H and O–H groups in total. The van der Waals surface area contributed by atoms with Gasteiger partial charge in [0.25, 0.3) is 0 Å². The minimum atomic E-state index is 0.661. The van der Waals surface area contributed by atoms with Crippen molar-refractivity contribution in [3.63, 3.8) is 0 Å². The number of unbranched alkanes of at least 4 members (excludes halogenated alkanes) is 3. The number of nitrogens with zero attached hydrogens (tertiary/aromatic N) is 6. The van der Waals surface area contributed by atoms with Gasteiger partial charge in [-0.1, -0.05) is 86.6 Å². The summed E-state index contributed by atoms with van der Waals surface area (Å²) in [5.74, 6) is 18.2. The van der Waals surface area contributed by atoms with Crippen molar-refractivity contribution in [2.75, 3.05) is 0 Å². The Kier molecular flexibility index (Phi) is 12.0. The van der Waals surface area contributed by atoms with Gasteiger partial charge in [0.15, 0.2) is 5.75 Å².